The quantitative estimate of drug-likeness (QED) is 0.410. The van der Waals surface area contributed by atoms with Crippen molar-refractivity contribution in [2.75, 3.05) is 0 Å². The number of hydrogen-bond donors (Lipinski definition) is 1. The maximum Gasteiger partial charge on any atom is 0.243 e. The molecule has 1 N–H and O–H groups in total. The molecule has 0 unspecified atom stereocenters. The van der Waals surface area contributed by atoms with Gasteiger partial charge < -0.3 is 10.2 Å². The number of carbonyl (C=O) groups excluding carboxylic acids is 2. The van der Waals surface area contributed by atoms with Crippen LogP contribution in [-0.4, -0.2) is 28.3 Å². The number of rotatable bonds is 8. The minimum atomic E-state index is -0.702. The number of carbonyl (C=O) groups is 2. The summed E-state index contributed by atoms with van der Waals surface area (Å²) in [6, 6.07) is 23.6. The van der Waals surface area contributed by atoms with E-state index in [4.69, 9.17) is 23.2 Å². The summed E-state index contributed by atoms with van der Waals surface area (Å²) >= 11 is 12.4. The zero-order chi connectivity index (χ0) is 24.7. The minimum Gasteiger partial charge on any atom is -0.350 e. The summed E-state index contributed by atoms with van der Waals surface area (Å²) in [4.78, 5) is 28.9. The van der Waals surface area contributed by atoms with E-state index in [1.165, 1.54) is 0 Å². The highest BCUT2D eigenvalue weighted by Gasteiger charge is 2.32. The molecule has 3 aromatic carbocycles. The van der Waals surface area contributed by atoms with Gasteiger partial charge in [0.15, 0.2) is 0 Å². The lowest BCUT2D eigenvalue weighted by molar-refractivity contribution is -0.141. The number of nitrogens with zero attached hydrogens (tertiary/aromatic N) is 1. The highest BCUT2D eigenvalue weighted by molar-refractivity contribution is 6.31. The fourth-order valence-electron chi connectivity index (χ4n) is 3.70. The molecule has 1 atom stereocenters. The van der Waals surface area contributed by atoms with Crippen LogP contribution in [0, 0.1) is 0 Å². The van der Waals surface area contributed by atoms with Gasteiger partial charge in [0, 0.05) is 28.5 Å². The Kier molecular flexibility index (Phi) is 8.76. The van der Waals surface area contributed by atoms with Crippen LogP contribution in [0.3, 0.4) is 0 Å². The minimum absolute atomic E-state index is 0.0986. The molecule has 0 aromatic heterocycles. The molecule has 0 heterocycles. The standard InChI is InChI=1S/C28H30Cl2N2O2/c1-28(2,3)31-27(34)25(17-20-9-5-4-6-10-20)32(19-21-13-15-23(29)16-14-21)26(33)18-22-11-7-8-12-24(22)30/h4-16,25H,17-19H2,1-3H3,(H,31,34)/t25-/m1/s1. The van der Waals surface area contributed by atoms with Gasteiger partial charge in [-0.25, -0.2) is 0 Å². The third kappa shape index (κ3) is 7.61. The smallest absolute Gasteiger partial charge is 0.243 e. The predicted octanol–water partition coefficient (Wildman–Crippen LogP) is 6.09. The van der Waals surface area contributed by atoms with Gasteiger partial charge in [-0.3, -0.25) is 9.59 Å². The van der Waals surface area contributed by atoms with Crippen molar-refractivity contribution >= 4 is 35.0 Å². The van der Waals surface area contributed by atoms with Gasteiger partial charge in [0.05, 0.1) is 6.42 Å². The number of benzene rings is 3. The highest BCUT2D eigenvalue weighted by Crippen LogP contribution is 2.21. The Hall–Kier alpha value is -2.82. The average molecular weight is 497 g/mol. The van der Waals surface area contributed by atoms with E-state index in [-0.39, 0.29) is 24.8 Å². The Balaban J connectivity index is 1.99. The molecule has 0 spiro atoms. The Morgan fingerprint density at radius 2 is 1.47 bits per heavy atom. The van der Waals surface area contributed by atoms with Crippen molar-refractivity contribution in [2.45, 2.75) is 51.7 Å². The monoisotopic (exact) mass is 496 g/mol. The summed E-state index contributed by atoms with van der Waals surface area (Å²) in [5.74, 6) is -0.370. The van der Waals surface area contributed by atoms with Gasteiger partial charge in [-0.2, -0.15) is 0 Å². The summed E-state index contributed by atoms with van der Waals surface area (Å²) in [6.45, 7) is 6.06. The molecule has 0 saturated carbocycles. The van der Waals surface area contributed by atoms with Crippen LogP contribution in [0.5, 0.6) is 0 Å². The average Bonchev–Trinajstić information content (AvgIpc) is 2.78. The topological polar surface area (TPSA) is 49.4 Å². The first kappa shape index (κ1) is 25.8. The molecule has 0 bridgehead atoms. The number of hydrogen-bond acceptors (Lipinski definition) is 2. The van der Waals surface area contributed by atoms with Gasteiger partial charge in [0.1, 0.15) is 6.04 Å². The maximum atomic E-state index is 13.7. The van der Waals surface area contributed by atoms with Gasteiger partial charge in [0.25, 0.3) is 0 Å². The number of amides is 2. The molecule has 0 aliphatic heterocycles. The van der Waals surface area contributed by atoms with Gasteiger partial charge in [-0.1, -0.05) is 83.9 Å². The van der Waals surface area contributed by atoms with Crippen LogP contribution >= 0.6 is 23.2 Å². The molecule has 0 aliphatic carbocycles. The normalized spacial score (nSPS) is 12.1. The zero-order valence-corrected chi connectivity index (χ0v) is 21.2. The Bertz CT molecular complexity index is 1110. The maximum absolute atomic E-state index is 13.7. The summed E-state index contributed by atoms with van der Waals surface area (Å²) < 4.78 is 0. The second-order valence-electron chi connectivity index (χ2n) is 9.36. The molecule has 0 aliphatic rings. The Morgan fingerprint density at radius 3 is 2.09 bits per heavy atom. The van der Waals surface area contributed by atoms with Crippen LogP contribution in [0.4, 0.5) is 0 Å². The van der Waals surface area contributed by atoms with Crippen LogP contribution in [-0.2, 0) is 29.0 Å². The van der Waals surface area contributed by atoms with Crippen molar-refractivity contribution in [3.8, 4) is 0 Å². The van der Waals surface area contributed by atoms with Crippen LogP contribution in [0.1, 0.15) is 37.5 Å². The SMILES string of the molecule is CC(C)(C)NC(=O)[C@@H](Cc1ccccc1)N(Cc1ccc(Cl)cc1)C(=O)Cc1ccccc1Cl. The van der Waals surface area contributed by atoms with E-state index in [1.807, 2.05) is 81.4 Å². The van der Waals surface area contributed by atoms with Crippen molar-refractivity contribution < 1.29 is 9.59 Å². The molecule has 2 amide bonds. The molecule has 0 saturated heterocycles. The summed E-state index contributed by atoms with van der Waals surface area (Å²) in [6.07, 6.45) is 0.492. The molecule has 0 radical (unpaired) electrons. The molecule has 34 heavy (non-hydrogen) atoms. The second-order valence-corrected chi connectivity index (χ2v) is 10.2. The first-order chi connectivity index (χ1) is 16.1. The lowest BCUT2D eigenvalue weighted by atomic mass is 10.00. The molecular weight excluding hydrogens is 467 g/mol. The van der Waals surface area contributed by atoms with Crippen LogP contribution in [0.25, 0.3) is 0 Å². The van der Waals surface area contributed by atoms with E-state index in [2.05, 4.69) is 5.32 Å². The van der Waals surface area contributed by atoms with Crippen molar-refractivity contribution in [1.82, 2.24) is 10.2 Å². The fourth-order valence-corrected chi connectivity index (χ4v) is 4.03. The lowest BCUT2D eigenvalue weighted by Crippen LogP contribution is -2.54. The van der Waals surface area contributed by atoms with E-state index >= 15 is 0 Å². The molecule has 4 nitrogen and oxygen atoms in total. The molecule has 3 aromatic rings. The van der Waals surface area contributed by atoms with Gasteiger partial charge >= 0.3 is 0 Å². The van der Waals surface area contributed by atoms with Crippen LogP contribution in [0.2, 0.25) is 10.0 Å². The highest BCUT2D eigenvalue weighted by atomic mass is 35.5. The lowest BCUT2D eigenvalue weighted by Gasteiger charge is -2.34. The van der Waals surface area contributed by atoms with Crippen molar-refractivity contribution in [3.63, 3.8) is 0 Å². The van der Waals surface area contributed by atoms with Gasteiger partial charge in [-0.15, -0.1) is 0 Å². The van der Waals surface area contributed by atoms with E-state index in [0.29, 0.717) is 16.5 Å². The van der Waals surface area contributed by atoms with Gasteiger partial charge in [-0.05, 0) is 55.7 Å². The molecule has 0 fully saturated rings. The Morgan fingerprint density at radius 1 is 0.853 bits per heavy atom. The van der Waals surface area contributed by atoms with E-state index in [0.717, 1.165) is 16.7 Å². The second kappa shape index (κ2) is 11.5. The summed E-state index contributed by atoms with van der Waals surface area (Å²) in [5.41, 5.74) is 2.15. The summed E-state index contributed by atoms with van der Waals surface area (Å²) in [5, 5.41) is 4.21. The Labute approximate surface area is 211 Å². The van der Waals surface area contributed by atoms with E-state index in [9.17, 15) is 9.59 Å². The van der Waals surface area contributed by atoms with Crippen LogP contribution < -0.4 is 5.32 Å². The molecule has 178 valence electrons. The predicted molar refractivity (Wildman–Crippen MR) is 139 cm³/mol. The number of nitrogens with one attached hydrogen (secondary N) is 1. The zero-order valence-electron chi connectivity index (χ0n) is 19.7. The van der Waals surface area contributed by atoms with Crippen molar-refractivity contribution in [3.05, 3.63) is 106 Å². The fraction of sp³-hybridized carbons (Fsp3) is 0.286. The molecule has 3 rings (SSSR count). The van der Waals surface area contributed by atoms with Gasteiger partial charge in [0.2, 0.25) is 11.8 Å². The third-order valence-electron chi connectivity index (χ3n) is 5.33. The first-order valence-corrected chi connectivity index (χ1v) is 12.0. The largest absolute Gasteiger partial charge is 0.350 e. The van der Waals surface area contributed by atoms with E-state index < -0.39 is 11.6 Å². The first-order valence-electron chi connectivity index (χ1n) is 11.3. The van der Waals surface area contributed by atoms with Crippen molar-refractivity contribution in [2.24, 2.45) is 0 Å². The van der Waals surface area contributed by atoms with Crippen molar-refractivity contribution in [1.29, 1.82) is 0 Å². The van der Waals surface area contributed by atoms with Crippen LogP contribution in [0.15, 0.2) is 78.9 Å². The van der Waals surface area contributed by atoms with E-state index in [1.54, 1.807) is 23.1 Å². The summed E-state index contributed by atoms with van der Waals surface area (Å²) in [7, 11) is 0. The molecule has 6 heteroatoms. The molecular formula is C28H30Cl2N2O2. The number of halogens is 2. The third-order valence-corrected chi connectivity index (χ3v) is 5.96.